The monoisotopic (exact) mass is 400 g/mol. The zero-order valence-corrected chi connectivity index (χ0v) is 16.7. The van der Waals surface area contributed by atoms with E-state index in [0.717, 1.165) is 0 Å². The summed E-state index contributed by atoms with van der Waals surface area (Å²) in [6, 6.07) is -1.46. The number of amides is 2. The summed E-state index contributed by atoms with van der Waals surface area (Å²) in [5.74, 6) is -0.146. The molecule has 0 aromatic heterocycles. The van der Waals surface area contributed by atoms with Crippen LogP contribution in [0.4, 0.5) is 4.79 Å². The van der Waals surface area contributed by atoms with Crippen molar-refractivity contribution in [1.29, 1.82) is 0 Å². The Morgan fingerprint density at radius 2 is 1.96 bits per heavy atom. The summed E-state index contributed by atoms with van der Waals surface area (Å²) in [4.78, 5) is 24.3. The highest BCUT2D eigenvalue weighted by Crippen LogP contribution is 2.18. The summed E-state index contributed by atoms with van der Waals surface area (Å²) in [7, 11) is -3.24. The molecule has 0 aromatic rings. The largest absolute Gasteiger partial charge is 0.444 e. The Hall–Kier alpha value is -0.670. The molecule has 0 saturated carbocycles. The summed E-state index contributed by atoms with van der Waals surface area (Å²) in [6.45, 7) is 5.18. The van der Waals surface area contributed by atoms with Gasteiger partial charge in [0, 0.05) is 0 Å². The van der Waals surface area contributed by atoms with E-state index in [2.05, 4.69) is 10.6 Å². The Morgan fingerprint density at radius 1 is 1.33 bits per heavy atom. The van der Waals surface area contributed by atoms with Crippen molar-refractivity contribution in [3.63, 3.8) is 0 Å². The molecule has 1 rings (SSSR count). The van der Waals surface area contributed by atoms with E-state index in [4.69, 9.17) is 16.3 Å². The van der Waals surface area contributed by atoms with Crippen molar-refractivity contribution in [2.24, 2.45) is 0 Å². The lowest BCUT2D eigenvalue weighted by Crippen LogP contribution is -2.52. The minimum atomic E-state index is -3.24. The fourth-order valence-corrected chi connectivity index (χ4v) is 5.20. The van der Waals surface area contributed by atoms with Gasteiger partial charge in [-0.15, -0.1) is 11.6 Å². The summed E-state index contributed by atoms with van der Waals surface area (Å²) in [6.07, 6.45) is 1.60. The van der Waals surface area contributed by atoms with Gasteiger partial charge in [0.05, 0.1) is 22.9 Å². The van der Waals surface area contributed by atoms with E-state index in [1.54, 1.807) is 20.8 Å². The van der Waals surface area contributed by atoms with Crippen LogP contribution in [0.5, 0.6) is 0 Å². The van der Waals surface area contributed by atoms with Gasteiger partial charge in [-0.05, 0) is 39.2 Å². The molecule has 1 aliphatic rings. The first-order chi connectivity index (χ1) is 10.9. The molecule has 1 saturated heterocycles. The van der Waals surface area contributed by atoms with Crippen LogP contribution in [-0.2, 0) is 19.4 Å². The molecule has 2 N–H and O–H groups in total. The number of alkyl carbamates (subject to hydrolysis) is 1. The van der Waals surface area contributed by atoms with Crippen LogP contribution in [0.15, 0.2) is 0 Å². The van der Waals surface area contributed by atoms with E-state index in [0.29, 0.717) is 12.2 Å². The molecular weight excluding hydrogens is 376 g/mol. The molecule has 0 spiro atoms. The quantitative estimate of drug-likeness (QED) is 0.648. The highest BCUT2D eigenvalue weighted by atomic mass is 35.5. The van der Waals surface area contributed by atoms with Crippen molar-refractivity contribution < 1.29 is 22.7 Å². The van der Waals surface area contributed by atoms with Gasteiger partial charge in [0.25, 0.3) is 0 Å². The smallest absolute Gasteiger partial charge is 0.408 e. The summed E-state index contributed by atoms with van der Waals surface area (Å²) in [5, 5.41) is 4.51. The lowest BCUT2D eigenvalue weighted by atomic mass is 10.1. The van der Waals surface area contributed by atoms with Gasteiger partial charge in [0.1, 0.15) is 11.6 Å². The van der Waals surface area contributed by atoms with E-state index in [-0.39, 0.29) is 11.5 Å². The number of thioether (sulfide) groups is 1. The number of hydrogen-bond acceptors (Lipinski definition) is 6. The third kappa shape index (κ3) is 7.48. The van der Waals surface area contributed by atoms with Gasteiger partial charge in [0.15, 0.2) is 9.84 Å². The van der Waals surface area contributed by atoms with Gasteiger partial charge in [-0.2, -0.15) is 11.8 Å². The molecule has 0 aromatic carbocycles. The number of rotatable bonds is 6. The standard InChI is InChI=1S/C14H25ClN2O5S2/c1-14(2,3)22-13(19)17-10(5-6-23-4)12(18)16-11-8-24(20,21)7-9(11)15/h9-11H,5-8H2,1-4H3,(H,16,18)(H,17,19)/t9-,10-,11-/m0/s1. The Balaban J connectivity index is 2.69. The lowest BCUT2D eigenvalue weighted by Gasteiger charge is -2.24. The number of carbonyl (C=O) groups excluding carboxylic acids is 2. The third-order valence-corrected chi connectivity index (χ3v) is 6.25. The fraction of sp³-hybridized carbons (Fsp3) is 0.857. The number of sulfone groups is 1. The molecule has 7 nitrogen and oxygen atoms in total. The predicted octanol–water partition coefficient (Wildman–Crippen LogP) is 1.15. The SMILES string of the molecule is CSCC[C@H](NC(=O)OC(C)(C)C)C(=O)N[C@H]1CS(=O)(=O)C[C@@H]1Cl. The first kappa shape index (κ1) is 21.4. The maximum absolute atomic E-state index is 12.4. The summed E-state index contributed by atoms with van der Waals surface area (Å²) < 4.78 is 28.3. The summed E-state index contributed by atoms with van der Waals surface area (Å²) >= 11 is 7.54. The van der Waals surface area contributed by atoms with Gasteiger partial charge < -0.3 is 15.4 Å². The van der Waals surface area contributed by atoms with Crippen molar-refractivity contribution in [1.82, 2.24) is 10.6 Å². The molecule has 1 aliphatic heterocycles. The number of carbonyl (C=O) groups is 2. The highest BCUT2D eigenvalue weighted by Gasteiger charge is 2.38. The van der Waals surface area contributed by atoms with Gasteiger partial charge >= 0.3 is 6.09 Å². The second kappa shape index (κ2) is 8.62. The van der Waals surface area contributed by atoms with Crippen molar-refractivity contribution in [2.45, 2.75) is 50.3 Å². The molecule has 140 valence electrons. The molecule has 1 heterocycles. The molecule has 0 unspecified atom stereocenters. The Morgan fingerprint density at radius 3 is 2.42 bits per heavy atom. The molecule has 0 bridgehead atoms. The van der Waals surface area contributed by atoms with Crippen LogP contribution in [0.1, 0.15) is 27.2 Å². The molecule has 2 amide bonds. The second-order valence-corrected chi connectivity index (χ2v) is 10.4. The van der Waals surface area contributed by atoms with Crippen LogP contribution in [0, 0.1) is 0 Å². The first-order valence-corrected chi connectivity index (χ1v) is 11.2. The topological polar surface area (TPSA) is 102 Å². The van der Waals surface area contributed by atoms with Gasteiger partial charge in [-0.3, -0.25) is 4.79 Å². The van der Waals surface area contributed by atoms with Crippen LogP contribution >= 0.6 is 23.4 Å². The second-order valence-electron chi connectivity index (χ2n) is 6.69. The first-order valence-electron chi connectivity index (χ1n) is 7.57. The van der Waals surface area contributed by atoms with Crippen molar-refractivity contribution >= 4 is 45.2 Å². The summed E-state index contributed by atoms with van der Waals surface area (Å²) in [5.41, 5.74) is -0.675. The average Bonchev–Trinajstić information content (AvgIpc) is 2.64. The molecule has 10 heteroatoms. The number of nitrogens with one attached hydrogen (secondary N) is 2. The molecular formula is C14H25ClN2O5S2. The number of hydrogen-bond donors (Lipinski definition) is 2. The van der Waals surface area contributed by atoms with Crippen LogP contribution in [0.2, 0.25) is 0 Å². The van der Waals surface area contributed by atoms with Crippen molar-refractivity contribution in [3.8, 4) is 0 Å². The molecule has 1 fully saturated rings. The van der Waals surface area contributed by atoms with Gasteiger partial charge in [0.2, 0.25) is 5.91 Å². The van der Waals surface area contributed by atoms with Crippen LogP contribution in [-0.4, -0.2) is 67.0 Å². The van der Waals surface area contributed by atoms with E-state index in [1.165, 1.54) is 11.8 Å². The fourth-order valence-electron chi connectivity index (χ4n) is 2.17. The normalized spacial score (nSPS) is 24.2. The van der Waals surface area contributed by atoms with E-state index in [1.807, 2.05) is 6.26 Å². The molecule has 3 atom stereocenters. The minimum absolute atomic E-state index is 0.158. The average molecular weight is 401 g/mol. The zero-order valence-electron chi connectivity index (χ0n) is 14.3. The molecule has 24 heavy (non-hydrogen) atoms. The zero-order chi connectivity index (χ0) is 18.5. The minimum Gasteiger partial charge on any atom is -0.444 e. The number of ether oxygens (including phenoxy) is 1. The maximum atomic E-state index is 12.4. The van der Waals surface area contributed by atoms with Gasteiger partial charge in [-0.25, -0.2) is 13.2 Å². The Bertz CT molecular complexity index is 562. The van der Waals surface area contributed by atoms with E-state index < -0.39 is 44.9 Å². The van der Waals surface area contributed by atoms with Crippen molar-refractivity contribution in [3.05, 3.63) is 0 Å². The molecule has 0 radical (unpaired) electrons. The highest BCUT2D eigenvalue weighted by molar-refractivity contribution is 7.98. The number of halogens is 1. The lowest BCUT2D eigenvalue weighted by molar-refractivity contribution is -0.123. The van der Waals surface area contributed by atoms with Crippen LogP contribution < -0.4 is 10.6 Å². The van der Waals surface area contributed by atoms with E-state index in [9.17, 15) is 18.0 Å². The van der Waals surface area contributed by atoms with Crippen LogP contribution in [0.3, 0.4) is 0 Å². The van der Waals surface area contributed by atoms with Crippen LogP contribution in [0.25, 0.3) is 0 Å². The van der Waals surface area contributed by atoms with Crippen molar-refractivity contribution in [2.75, 3.05) is 23.5 Å². The molecule has 0 aliphatic carbocycles. The predicted molar refractivity (Wildman–Crippen MR) is 96.4 cm³/mol. The van der Waals surface area contributed by atoms with Gasteiger partial charge in [-0.1, -0.05) is 0 Å². The number of alkyl halides is 1. The Labute approximate surface area is 152 Å². The third-order valence-electron chi connectivity index (χ3n) is 3.23. The Kier molecular flexibility index (Phi) is 7.68. The maximum Gasteiger partial charge on any atom is 0.408 e. The van der Waals surface area contributed by atoms with E-state index >= 15 is 0 Å².